The van der Waals surface area contributed by atoms with Crippen molar-refractivity contribution in [1.82, 2.24) is 9.97 Å². The van der Waals surface area contributed by atoms with Crippen LogP contribution in [-0.4, -0.2) is 43.2 Å². The van der Waals surface area contributed by atoms with Crippen LogP contribution in [0.2, 0.25) is 0 Å². The first-order valence-electron chi connectivity index (χ1n) is 10.1. The first-order valence-corrected chi connectivity index (χ1v) is 11.0. The third-order valence-corrected chi connectivity index (χ3v) is 6.73. The van der Waals surface area contributed by atoms with Crippen molar-refractivity contribution < 1.29 is 14.3 Å². The average molecular weight is 427 g/mol. The van der Waals surface area contributed by atoms with E-state index in [0.29, 0.717) is 17.2 Å². The zero-order valence-corrected chi connectivity index (χ0v) is 18.3. The lowest BCUT2D eigenvalue weighted by Gasteiger charge is -2.32. The van der Waals surface area contributed by atoms with Gasteiger partial charge in [0.25, 0.3) is 0 Å². The predicted octanol–water partition coefficient (Wildman–Crippen LogP) is 4.13. The number of hydrogen-bond acceptors (Lipinski definition) is 7. The summed E-state index contributed by atoms with van der Waals surface area (Å²) in [6, 6.07) is 7.59. The maximum atomic E-state index is 12.8. The molecule has 8 heteroatoms. The van der Waals surface area contributed by atoms with Crippen LogP contribution in [0.3, 0.4) is 0 Å². The van der Waals surface area contributed by atoms with E-state index in [-0.39, 0.29) is 11.8 Å². The summed E-state index contributed by atoms with van der Waals surface area (Å²) in [5, 5.41) is 4.13. The number of fused-ring (bicyclic) bond motifs is 1. The minimum absolute atomic E-state index is 0.0229. The van der Waals surface area contributed by atoms with Crippen LogP contribution >= 0.6 is 11.3 Å². The molecule has 1 aliphatic rings. The van der Waals surface area contributed by atoms with Crippen LogP contribution in [0.15, 0.2) is 30.6 Å². The normalized spacial score (nSPS) is 14.7. The molecule has 1 aliphatic heterocycles. The molecule has 0 atom stereocenters. The smallest absolute Gasteiger partial charge is 0.227 e. The van der Waals surface area contributed by atoms with Crippen molar-refractivity contribution in [2.45, 2.75) is 26.2 Å². The van der Waals surface area contributed by atoms with Crippen molar-refractivity contribution in [3.05, 3.63) is 35.5 Å². The second-order valence-electron chi connectivity index (χ2n) is 7.30. The summed E-state index contributed by atoms with van der Waals surface area (Å²) in [5.74, 6) is 2.24. The van der Waals surface area contributed by atoms with Crippen molar-refractivity contribution in [1.29, 1.82) is 0 Å². The van der Waals surface area contributed by atoms with Crippen molar-refractivity contribution in [3.8, 4) is 11.5 Å². The topological polar surface area (TPSA) is 76.6 Å². The van der Waals surface area contributed by atoms with E-state index < -0.39 is 0 Å². The molecule has 0 unspecified atom stereocenters. The summed E-state index contributed by atoms with van der Waals surface area (Å²) < 4.78 is 10.6. The lowest BCUT2D eigenvalue weighted by molar-refractivity contribution is -0.120. The van der Waals surface area contributed by atoms with Gasteiger partial charge in [-0.05, 0) is 37.5 Å². The molecule has 3 aromatic rings. The van der Waals surface area contributed by atoms with Crippen LogP contribution in [0.5, 0.6) is 11.5 Å². The summed E-state index contributed by atoms with van der Waals surface area (Å²) in [7, 11) is 3.19. The van der Waals surface area contributed by atoms with Gasteiger partial charge in [-0.25, -0.2) is 9.97 Å². The predicted molar refractivity (Wildman–Crippen MR) is 120 cm³/mol. The third kappa shape index (κ3) is 4.05. The Morgan fingerprint density at radius 2 is 2.00 bits per heavy atom. The minimum atomic E-state index is -0.0425. The van der Waals surface area contributed by atoms with E-state index in [2.05, 4.69) is 33.2 Å². The number of aromatic nitrogens is 2. The number of aryl methyl sites for hydroxylation is 1. The van der Waals surface area contributed by atoms with Gasteiger partial charge in [0.15, 0.2) is 0 Å². The van der Waals surface area contributed by atoms with Crippen LogP contribution < -0.4 is 19.7 Å². The molecule has 1 N–H and O–H groups in total. The Labute approximate surface area is 180 Å². The molecule has 4 rings (SSSR count). The van der Waals surface area contributed by atoms with Crippen molar-refractivity contribution in [2.75, 3.05) is 37.5 Å². The van der Waals surface area contributed by atoms with E-state index in [9.17, 15) is 4.79 Å². The monoisotopic (exact) mass is 426 g/mol. The summed E-state index contributed by atoms with van der Waals surface area (Å²) in [6.45, 7) is 3.74. The lowest BCUT2D eigenvalue weighted by atomic mass is 9.95. The fourth-order valence-electron chi connectivity index (χ4n) is 3.81. The highest BCUT2D eigenvalue weighted by Crippen LogP contribution is 2.33. The number of ether oxygens (including phenoxy) is 2. The number of carbonyl (C=O) groups is 1. The summed E-state index contributed by atoms with van der Waals surface area (Å²) >= 11 is 1.73. The number of amides is 1. The maximum Gasteiger partial charge on any atom is 0.227 e. The van der Waals surface area contributed by atoms with Gasteiger partial charge in [-0.2, -0.15) is 0 Å². The van der Waals surface area contributed by atoms with Crippen molar-refractivity contribution >= 4 is 39.0 Å². The molecule has 7 nitrogen and oxygen atoms in total. The first kappa shape index (κ1) is 20.4. The number of carbonyl (C=O) groups excluding carboxylic acids is 1. The van der Waals surface area contributed by atoms with Gasteiger partial charge in [-0.15, -0.1) is 11.3 Å². The van der Waals surface area contributed by atoms with E-state index in [1.807, 2.05) is 12.1 Å². The minimum Gasteiger partial charge on any atom is -0.497 e. The quantitative estimate of drug-likeness (QED) is 0.639. The highest BCUT2D eigenvalue weighted by Gasteiger charge is 2.27. The van der Waals surface area contributed by atoms with Gasteiger partial charge in [-0.1, -0.05) is 6.92 Å². The molecule has 0 aliphatic carbocycles. The number of thiophene rings is 1. The summed E-state index contributed by atoms with van der Waals surface area (Å²) in [6.07, 6.45) is 4.20. The van der Waals surface area contributed by atoms with Gasteiger partial charge in [0.05, 0.1) is 25.3 Å². The second kappa shape index (κ2) is 8.87. The number of methoxy groups -OCH3 is 2. The van der Waals surface area contributed by atoms with Crippen molar-refractivity contribution in [2.24, 2.45) is 5.92 Å². The van der Waals surface area contributed by atoms with Gasteiger partial charge < -0.3 is 19.7 Å². The Morgan fingerprint density at radius 1 is 1.20 bits per heavy atom. The van der Waals surface area contributed by atoms with Gasteiger partial charge in [-0.3, -0.25) is 4.79 Å². The molecule has 1 saturated heterocycles. The average Bonchev–Trinajstić information content (AvgIpc) is 3.23. The van der Waals surface area contributed by atoms with E-state index in [1.165, 1.54) is 4.88 Å². The fourth-order valence-corrected chi connectivity index (χ4v) is 4.74. The molecular weight excluding hydrogens is 400 g/mol. The molecule has 0 radical (unpaired) electrons. The molecule has 1 amide bonds. The fraction of sp³-hybridized carbons (Fsp3) is 0.409. The molecule has 2 aromatic heterocycles. The Bertz CT molecular complexity index is 1040. The molecule has 0 bridgehead atoms. The number of nitrogens with one attached hydrogen (secondary N) is 1. The highest BCUT2D eigenvalue weighted by molar-refractivity contribution is 7.18. The standard InChI is InChI=1S/C22H26N4O3S/c1-4-16-12-17-20(23-13-24-22(17)30-16)26-9-7-14(8-10-26)21(27)25-18-6-5-15(28-2)11-19(18)29-3/h5-6,11-14H,4,7-10H2,1-3H3,(H,25,27). The van der Waals surface area contributed by atoms with Crippen LogP contribution in [0.25, 0.3) is 10.2 Å². The summed E-state index contributed by atoms with van der Waals surface area (Å²) in [4.78, 5) is 26.4. The van der Waals surface area contributed by atoms with E-state index >= 15 is 0 Å². The number of benzene rings is 1. The molecular formula is C22H26N4O3S. The Hall–Kier alpha value is -2.87. The number of nitrogens with zero attached hydrogens (tertiary/aromatic N) is 3. The van der Waals surface area contributed by atoms with Gasteiger partial charge >= 0.3 is 0 Å². The Balaban J connectivity index is 1.42. The highest BCUT2D eigenvalue weighted by atomic mass is 32.1. The van der Waals surface area contributed by atoms with Crippen LogP contribution in [0.4, 0.5) is 11.5 Å². The molecule has 30 heavy (non-hydrogen) atoms. The number of hydrogen-bond donors (Lipinski definition) is 1. The first-order chi connectivity index (χ1) is 14.6. The summed E-state index contributed by atoms with van der Waals surface area (Å²) in [5.41, 5.74) is 0.661. The molecule has 3 heterocycles. The van der Waals surface area contributed by atoms with Crippen LogP contribution in [-0.2, 0) is 11.2 Å². The number of rotatable bonds is 6. The lowest BCUT2D eigenvalue weighted by Crippen LogP contribution is -2.38. The van der Waals surface area contributed by atoms with Gasteiger partial charge in [0, 0.05) is 30.0 Å². The largest absolute Gasteiger partial charge is 0.497 e. The molecule has 1 aromatic carbocycles. The zero-order chi connectivity index (χ0) is 21.1. The Kier molecular flexibility index (Phi) is 6.03. The number of piperidine rings is 1. The second-order valence-corrected chi connectivity index (χ2v) is 8.41. The van der Waals surface area contributed by atoms with Gasteiger partial charge in [0.1, 0.15) is 28.5 Å². The molecule has 158 valence electrons. The van der Waals surface area contributed by atoms with E-state index in [0.717, 1.165) is 48.4 Å². The molecule has 1 fully saturated rings. The Morgan fingerprint density at radius 3 is 2.70 bits per heavy atom. The van der Waals surface area contributed by atoms with Crippen LogP contribution in [0.1, 0.15) is 24.6 Å². The third-order valence-electron chi connectivity index (χ3n) is 5.54. The SMILES string of the molecule is CCc1cc2c(N3CCC(C(=O)Nc4ccc(OC)cc4OC)CC3)ncnc2s1. The molecule has 0 saturated carbocycles. The van der Waals surface area contributed by atoms with E-state index in [4.69, 9.17) is 9.47 Å². The maximum absolute atomic E-state index is 12.8. The van der Waals surface area contributed by atoms with Crippen molar-refractivity contribution in [3.63, 3.8) is 0 Å². The van der Waals surface area contributed by atoms with Gasteiger partial charge in [0.2, 0.25) is 5.91 Å². The zero-order valence-electron chi connectivity index (χ0n) is 17.5. The van der Waals surface area contributed by atoms with Crippen LogP contribution in [0, 0.1) is 5.92 Å². The molecule has 0 spiro atoms. The van der Waals surface area contributed by atoms with E-state index in [1.54, 1.807) is 38.0 Å². The number of anilines is 2.